The summed E-state index contributed by atoms with van der Waals surface area (Å²) in [5.74, 6) is 0.266. The second-order valence-electron chi connectivity index (χ2n) is 24.3. The number of imidazole rings is 1. The lowest BCUT2D eigenvalue weighted by molar-refractivity contribution is 0.446. The molecule has 0 radical (unpaired) electrons. The molecule has 0 aliphatic rings. The van der Waals surface area contributed by atoms with Crippen LogP contribution in [0.1, 0.15) is 138 Å². The van der Waals surface area contributed by atoms with E-state index in [1.54, 1.807) is 0 Å². The number of aryl methyl sites for hydroxylation is 1. The molecule has 0 amide bonds. The summed E-state index contributed by atoms with van der Waals surface area (Å²) in [5, 5.41) is 12.6. The monoisotopic (exact) mass is 949 g/mol. The molecule has 4 heteroatoms. The Kier molecular flexibility index (Phi) is 12.5. The van der Waals surface area contributed by atoms with Gasteiger partial charge in [-0.25, -0.2) is 4.98 Å². The average Bonchev–Trinajstić information content (AvgIpc) is 3.71. The van der Waals surface area contributed by atoms with Crippen LogP contribution in [0.4, 0.5) is 0 Å². The van der Waals surface area contributed by atoms with Gasteiger partial charge < -0.3 is 5.11 Å². The molecule has 0 unspecified atom stereocenters. The summed E-state index contributed by atoms with van der Waals surface area (Å²) >= 11 is 0. The summed E-state index contributed by atoms with van der Waals surface area (Å²) in [4.78, 5) is 10.7. The molecular weight excluding hydrogens is 875 g/mol. The van der Waals surface area contributed by atoms with Gasteiger partial charge in [-0.15, -0.1) is 0 Å². The molecule has 1 N–H and O–H groups in total. The first kappa shape index (κ1) is 48.6. The van der Waals surface area contributed by atoms with Crippen molar-refractivity contribution < 1.29 is 6.48 Å². The van der Waals surface area contributed by atoms with Crippen molar-refractivity contribution in [3.05, 3.63) is 191 Å². The minimum atomic E-state index is -0.674. The summed E-state index contributed by atoms with van der Waals surface area (Å²) in [6.07, 6.45) is 1.90. The third-order valence-corrected chi connectivity index (χ3v) is 14.4. The molecule has 0 saturated heterocycles. The van der Waals surface area contributed by atoms with Crippen LogP contribution in [0.5, 0.6) is 5.75 Å². The normalized spacial score (nSPS) is 12.9. The number of hydrogen-bond acceptors (Lipinski definition) is 3. The Morgan fingerprint density at radius 2 is 1.12 bits per heavy atom. The number of aromatic hydroxyl groups is 1. The van der Waals surface area contributed by atoms with Crippen molar-refractivity contribution in [2.24, 2.45) is 0 Å². The summed E-state index contributed by atoms with van der Waals surface area (Å²) in [6, 6.07) is 54.5. The number of aromatic nitrogens is 3. The van der Waals surface area contributed by atoms with Crippen molar-refractivity contribution >= 4 is 11.0 Å². The van der Waals surface area contributed by atoms with Gasteiger partial charge in [0.25, 0.3) is 0 Å². The number of pyridine rings is 1. The van der Waals surface area contributed by atoms with E-state index in [4.69, 9.17) is 11.3 Å². The van der Waals surface area contributed by atoms with Gasteiger partial charge in [0.05, 0.1) is 28.0 Å². The van der Waals surface area contributed by atoms with Crippen LogP contribution < -0.4 is 0 Å². The lowest BCUT2D eigenvalue weighted by Crippen LogP contribution is -2.17. The van der Waals surface area contributed by atoms with Crippen LogP contribution in [0.2, 0.25) is 0 Å². The Morgan fingerprint density at radius 1 is 0.500 bits per heavy atom. The van der Waals surface area contributed by atoms with Gasteiger partial charge in [-0.3, -0.25) is 9.55 Å². The molecule has 0 fully saturated rings. The highest BCUT2D eigenvalue weighted by molar-refractivity contribution is 5.97. The summed E-state index contributed by atoms with van der Waals surface area (Å²) < 4.78 is 10.8. The third-order valence-electron chi connectivity index (χ3n) is 14.4. The maximum Gasteiger partial charge on any atom is 0.149 e. The summed E-state index contributed by atoms with van der Waals surface area (Å²) in [5.41, 5.74) is 20.1. The van der Waals surface area contributed by atoms with E-state index in [0.29, 0.717) is 11.4 Å². The first-order valence-electron chi connectivity index (χ1n) is 26.1. The van der Waals surface area contributed by atoms with Gasteiger partial charge >= 0.3 is 0 Å². The van der Waals surface area contributed by atoms with Crippen LogP contribution in [0, 0.1) is 6.92 Å². The number of para-hydroxylation sites is 1. The summed E-state index contributed by atoms with van der Waals surface area (Å²) in [7, 11) is 0. The fourth-order valence-electron chi connectivity index (χ4n) is 10.1. The third kappa shape index (κ3) is 9.69. The Bertz CT molecular complexity index is 3530. The van der Waals surface area contributed by atoms with Crippen LogP contribution in [-0.2, 0) is 21.7 Å². The smallest absolute Gasteiger partial charge is 0.149 e. The number of nitrogens with zero attached hydrogens (tertiary/aromatic N) is 3. The van der Waals surface area contributed by atoms with Gasteiger partial charge in [-0.1, -0.05) is 200 Å². The number of benzene rings is 7. The first-order chi connectivity index (χ1) is 34.2. The van der Waals surface area contributed by atoms with Gasteiger partial charge in [0.15, 0.2) is 0 Å². The lowest BCUT2D eigenvalue weighted by Gasteiger charge is -2.28. The predicted octanol–water partition coefficient (Wildman–Crippen LogP) is 18.7. The van der Waals surface area contributed by atoms with Crippen LogP contribution in [0.15, 0.2) is 158 Å². The van der Waals surface area contributed by atoms with Gasteiger partial charge in [-0.2, -0.15) is 0 Å². The van der Waals surface area contributed by atoms with Crippen molar-refractivity contribution in [3.8, 4) is 78.6 Å². The van der Waals surface area contributed by atoms with E-state index in [1.165, 1.54) is 27.8 Å². The zero-order valence-electron chi connectivity index (χ0n) is 46.3. The first-order valence-corrected chi connectivity index (χ1v) is 25.6. The summed E-state index contributed by atoms with van der Waals surface area (Å²) in [6.45, 7) is 32.9. The van der Waals surface area contributed by atoms with Crippen molar-refractivity contribution in [2.45, 2.75) is 131 Å². The molecule has 2 aromatic heterocycles. The molecule has 0 aliphatic carbocycles. The number of phenolic OH excluding ortho intramolecular Hbond substituents is 1. The van der Waals surface area contributed by atoms with Crippen molar-refractivity contribution in [2.75, 3.05) is 0 Å². The minimum absolute atomic E-state index is 0.104. The molecule has 0 aliphatic heterocycles. The van der Waals surface area contributed by atoms with Gasteiger partial charge in [0.2, 0.25) is 0 Å². The van der Waals surface area contributed by atoms with E-state index >= 15 is 0 Å². The Morgan fingerprint density at radius 3 is 1.76 bits per heavy atom. The number of hydrogen-bond donors (Lipinski definition) is 1. The molecular formula is C68H73N3O. The number of rotatable bonds is 8. The molecule has 9 aromatic rings. The quantitative estimate of drug-likeness (QED) is 0.165. The molecule has 9 rings (SSSR count). The largest absolute Gasteiger partial charge is 0.507 e. The topological polar surface area (TPSA) is 50.9 Å². The van der Waals surface area contributed by atoms with Crippen LogP contribution >= 0.6 is 0 Å². The van der Waals surface area contributed by atoms with E-state index in [2.05, 4.69) is 246 Å². The minimum Gasteiger partial charge on any atom is -0.507 e. The Hall–Kier alpha value is -7.04. The second kappa shape index (κ2) is 18.5. The molecule has 72 heavy (non-hydrogen) atoms. The molecule has 0 spiro atoms. The molecule has 4 nitrogen and oxygen atoms in total. The molecule has 0 atom stereocenters. The molecule has 0 saturated carbocycles. The average molecular weight is 949 g/mol. The van der Waals surface area contributed by atoms with Gasteiger partial charge in [-0.05, 0) is 150 Å². The van der Waals surface area contributed by atoms with E-state index in [9.17, 15) is 5.11 Å². The van der Waals surface area contributed by atoms with Crippen molar-refractivity contribution in [1.29, 1.82) is 0 Å². The lowest BCUT2D eigenvalue weighted by atomic mass is 9.78. The van der Waals surface area contributed by atoms with E-state index in [1.807, 2.05) is 20.0 Å². The van der Waals surface area contributed by atoms with Crippen LogP contribution in [-0.4, -0.2) is 19.6 Å². The highest BCUT2D eigenvalue weighted by Crippen LogP contribution is 2.47. The SMILES string of the molecule is [2H]C(C)(C)c1ccc(-c2ccnc(-c3cc(-c4cccc5c4nc(-c4cc(C(C)(C)C)cc(C(C)(C)C)c4O)n5-c4ccc(-c5c(-c6ccccc6)cccc5C(C)(C)C)cc4C)cc(C(C)(C)C)c3)c2)cc1. The van der Waals surface area contributed by atoms with Crippen LogP contribution in [0.25, 0.3) is 83.9 Å². The zero-order chi connectivity index (χ0) is 52.6. The zero-order valence-corrected chi connectivity index (χ0v) is 45.3. The second-order valence-corrected chi connectivity index (χ2v) is 24.3. The Labute approximate surface area is 431 Å². The number of phenols is 1. The van der Waals surface area contributed by atoms with Crippen molar-refractivity contribution in [3.63, 3.8) is 0 Å². The number of fused-ring (bicyclic) bond motifs is 1. The molecule has 7 aromatic carbocycles. The fourth-order valence-corrected chi connectivity index (χ4v) is 10.1. The highest BCUT2D eigenvalue weighted by atomic mass is 16.3. The Balaban J connectivity index is 1.30. The predicted molar refractivity (Wildman–Crippen MR) is 307 cm³/mol. The highest BCUT2D eigenvalue weighted by Gasteiger charge is 2.30. The van der Waals surface area contributed by atoms with Gasteiger partial charge in [0, 0.05) is 24.3 Å². The maximum atomic E-state index is 12.6. The molecule has 366 valence electrons. The van der Waals surface area contributed by atoms with E-state index < -0.39 is 5.89 Å². The standard InChI is InChI=1S/C68H73N3O/c1-42(2)44-27-29-45(30-28-44)47-33-34-69-58(39-47)50-36-49(37-51(38-50)65(4,5)6)54-24-20-26-60-62(54)70-64(55-40-52(66(7,8)9)41-57(63(55)72)68(13,14)15)71(60)59-32-31-48(35-43(59)3)61-53(46-21-17-16-18-22-46)23-19-25-56(61)67(10,11)12/h16-42,72H,1-15H3/i42D. The fraction of sp³-hybridized carbons (Fsp3) is 0.294. The van der Waals surface area contributed by atoms with Crippen LogP contribution in [0.3, 0.4) is 0 Å². The van der Waals surface area contributed by atoms with E-state index in [-0.39, 0.29) is 27.4 Å². The van der Waals surface area contributed by atoms with Gasteiger partial charge in [0.1, 0.15) is 11.6 Å². The maximum absolute atomic E-state index is 12.6. The molecule has 0 bridgehead atoms. The van der Waals surface area contributed by atoms with E-state index in [0.717, 1.165) is 78.0 Å². The molecule has 2 heterocycles. The van der Waals surface area contributed by atoms with Crippen molar-refractivity contribution in [1.82, 2.24) is 14.5 Å².